The maximum Gasteiger partial charge on any atom is 0.337 e. The largest absolute Gasteiger partial charge is 0.465 e. The minimum absolute atomic E-state index is 0.373. The van der Waals surface area contributed by atoms with Crippen LogP contribution in [-0.4, -0.2) is 38.5 Å². The number of hydrogen-bond acceptors (Lipinski definition) is 4. The van der Waals surface area contributed by atoms with E-state index in [0.717, 1.165) is 18.7 Å². The highest BCUT2D eigenvalue weighted by Gasteiger charge is 2.06. The molecule has 104 valence electrons. The highest BCUT2D eigenvalue weighted by molar-refractivity contribution is 7.80. The van der Waals surface area contributed by atoms with Crippen LogP contribution < -0.4 is 10.6 Å². The number of nitrogens with one attached hydrogen (secondary N) is 2. The smallest absolute Gasteiger partial charge is 0.337 e. The van der Waals surface area contributed by atoms with Gasteiger partial charge in [-0.3, -0.25) is 0 Å². The van der Waals surface area contributed by atoms with E-state index in [4.69, 9.17) is 17.0 Å². The number of carbonyl (C=O) groups excluding carboxylic acids is 1. The Bertz CT molecular complexity index is 438. The second-order valence-electron chi connectivity index (χ2n) is 3.80. The Morgan fingerprint density at radius 1 is 1.37 bits per heavy atom. The molecule has 1 aromatic rings. The van der Waals surface area contributed by atoms with Crippen LogP contribution in [0.4, 0.5) is 5.69 Å². The molecule has 0 aliphatic heterocycles. The first kappa shape index (κ1) is 15.4. The van der Waals surface area contributed by atoms with Crippen LogP contribution in [-0.2, 0) is 9.47 Å². The van der Waals surface area contributed by atoms with Crippen molar-refractivity contribution in [2.24, 2.45) is 0 Å². The zero-order chi connectivity index (χ0) is 14.1. The molecule has 0 radical (unpaired) electrons. The Labute approximate surface area is 118 Å². The molecule has 0 saturated heterocycles. The van der Waals surface area contributed by atoms with E-state index in [0.29, 0.717) is 17.3 Å². The predicted octanol–water partition coefficient (Wildman–Crippen LogP) is 1.80. The van der Waals surface area contributed by atoms with Gasteiger partial charge in [0, 0.05) is 25.9 Å². The molecule has 0 amide bonds. The van der Waals surface area contributed by atoms with Gasteiger partial charge in [0.15, 0.2) is 5.11 Å². The molecule has 6 heteroatoms. The summed E-state index contributed by atoms with van der Waals surface area (Å²) in [5.74, 6) is -0.373. The second kappa shape index (κ2) is 8.44. The van der Waals surface area contributed by atoms with E-state index in [1.807, 2.05) is 6.07 Å². The van der Waals surface area contributed by atoms with Crippen molar-refractivity contribution in [2.45, 2.75) is 6.42 Å². The topological polar surface area (TPSA) is 59.6 Å². The fourth-order valence-corrected chi connectivity index (χ4v) is 1.66. The average Bonchev–Trinajstić information content (AvgIpc) is 2.43. The summed E-state index contributed by atoms with van der Waals surface area (Å²) < 4.78 is 9.60. The van der Waals surface area contributed by atoms with Crippen LogP contribution in [0.5, 0.6) is 0 Å². The molecule has 0 atom stereocenters. The lowest BCUT2D eigenvalue weighted by atomic mass is 10.2. The molecular formula is C13H18N2O3S. The third-order valence-electron chi connectivity index (χ3n) is 2.35. The van der Waals surface area contributed by atoms with Crippen molar-refractivity contribution in [2.75, 3.05) is 32.7 Å². The molecule has 0 saturated carbocycles. The molecule has 0 fully saturated rings. The number of rotatable bonds is 6. The van der Waals surface area contributed by atoms with Crippen molar-refractivity contribution in [3.8, 4) is 0 Å². The van der Waals surface area contributed by atoms with E-state index in [2.05, 4.69) is 15.4 Å². The van der Waals surface area contributed by atoms with Gasteiger partial charge in [-0.1, -0.05) is 6.07 Å². The molecule has 1 aromatic carbocycles. The molecule has 0 spiro atoms. The molecule has 0 aliphatic carbocycles. The van der Waals surface area contributed by atoms with Gasteiger partial charge in [0.1, 0.15) is 0 Å². The monoisotopic (exact) mass is 282 g/mol. The maximum absolute atomic E-state index is 11.4. The highest BCUT2D eigenvalue weighted by Crippen LogP contribution is 2.11. The van der Waals surface area contributed by atoms with Gasteiger partial charge in [-0.2, -0.15) is 0 Å². The zero-order valence-electron chi connectivity index (χ0n) is 11.1. The normalized spacial score (nSPS) is 9.79. The summed E-state index contributed by atoms with van der Waals surface area (Å²) in [7, 11) is 3.01. The number of thiocarbonyl (C=S) groups is 1. The molecule has 1 rings (SSSR count). The quantitative estimate of drug-likeness (QED) is 0.471. The predicted molar refractivity (Wildman–Crippen MR) is 78.5 cm³/mol. The molecule has 5 nitrogen and oxygen atoms in total. The second-order valence-corrected chi connectivity index (χ2v) is 4.21. The van der Waals surface area contributed by atoms with E-state index >= 15 is 0 Å². The van der Waals surface area contributed by atoms with Gasteiger partial charge in [0.2, 0.25) is 0 Å². The van der Waals surface area contributed by atoms with Crippen LogP contribution in [0.2, 0.25) is 0 Å². The van der Waals surface area contributed by atoms with Gasteiger partial charge in [0.05, 0.1) is 12.7 Å². The molecule has 2 N–H and O–H groups in total. The summed E-state index contributed by atoms with van der Waals surface area (Å²) in [6.45, 7) is 1.42. The lowest BCUT2D eigenvalue weighted by Gasteiger charge is -2.11. The van der Waals surface area contributed by atoms with Crippen molar-refractivity contribution < 1.29 is 14.3 Å². The third kappa shape index (κ3) is 5.67. The van der Waals surface area contributed by atoms with Crippen molar-refractivity contribution in [3.05, 3.63) is 29.8 Å². The Balaban J connectivity index is 2.48. The van der Waals surface area contributed by atoms with Gasteiger partial charge in [-0.25, -0.2) is 4.79 Å². The van der Waals surface area contributed by atoms with Crippen LogP contribution >= 0.6 is 12.2 Å². The summed E-state index contributed by atoms with van der Waals surface area (Å²) >= 11 is 5.14. The number of methoxy groups -OCH3 is 2. The Hall–Kier alpha value is -1.66. The summed E-state index contributed by atoms with van der Waals surface area (Å²) in [5, 5.41) is 6.57. The summed E-state index contributed by atoms with van der Waals surface area (Å²) in [6, 6.07) is 6.97. The SMILES string of the molecule is COCCCNC(=S)Nc1cccc(C(=O)OC)c1. The first-order valence-corrected chi connectivity index (χ1v) is 6.30. The van der Waals surface area contributed by atoms with E-state index in [1.54, 1.807) is 25.3 Å². The Kier molecular flexibility index (Phi) is 6.84. The van der Waals surface area contributed by atoms with E-state index in [9.17, 15) is 4.79 Å². The Morgan fingerprint density at radius 3 is 2.84 bits per heavy atom. The van der Waals surface area contributed by atoms with Gasteiger partial charge in [-0.15, -0.1) is 0 Å². The number of anilines is 1. The van der Waals surface area contributed by atoms with Gasteiger partial charge < -0.3 is 20.1 Å². The molecule has 0 heterocycles. The maximum atomic E-state index is 11.4. The molecule has 0 aliphatic rings. The molecule has 0 aromatic heterocycles. The third-order valence-corrected chi connectivity index (χ3v) is 2.60. The van der Waals surface area contributed by atoms with Crippen LogP contribution in [0.1, 0.15) is 16.8 Å². The Morgan fingerprint density at radius 2 is 2.16 bits per heavy atom. The standard InChI is InChI=1S/C13H18N2O3S/c1-17-8-4-7-14-13(19)15-11-6-3-5-10(9-11)12(16)18-2/h3,5-6,9H,4,7-8H2,1-2H3,(H2,14,15,19). The van der Waals surface area contributed by atoms with Crippen LogP contribution in [0.25, 0.3) is 0 Å². The minimum atomic E-state index is -0.373. The van der Waals surface area contributed by atoms with Crippen LogP contribution in [0, 0.1) is 0 Å². The van der Waals surface area contributed by atoms with E-state index < -0.39 is 0 Å². The van der Waals surface area contributed by atoms with Crippen LogP contribution in [0.3, 0.4) is 0 Å². The van der Waals surface area contributed by atoms with Crippen molar-refractivity contribution >= 4 is 29.0 Å². The number of benzene rings is 1. The van der Waals surface area contributed by atoms with Gasteiger partial charge >= 0.3 is 5.97 Å². The summed E-state index contributed by atoms with van der Waals surface area (Å²) in [4.78, 5) is 11.4. The van der Waals surface area contributed by atoms with Gasteiger partial charge in [0.25, 0.3) is 0 Å². The number of hydrogen-bond donors (Lipinski definition) is 2. The molecule has 0 bridgehead atoms. The lowest BCUT2D eigenvalue weighted by molar-refractivity contribution is 0.0601. The van der Waals surface area contributed by atoms with Crippen molar-refractivity contribution in [3.63, 3.8) is 0 Å². The molecule has 0 unspecified atom stereocenters. The zero-order valence-corrected chi connectivity index (χ0v) is 11.9. The number of carbonyl (C=O) groups is 1. The molecular weight excluding hydrogens is 264 g/mol. The highest BCUT2D eigenvalue weighted by atomic mass is 32.1. The first-order valence-electron chi connectivity index (χ1n) is 5.89. The fourth-order valence-electron chi connectivity index (χ4n) is 1.44. The van der Waals surface area contributed by atoms with Crippen LogP contribution in [0.15, 0.2) is 24.3 Å². The van der Waals surface area contributed by atoms with Crippen molar-refractivity contribution in [1.29, 1.82) is 0 Å². The minimum Gasteiger partial charge on any atom is -0.465 e. The summed E-state index contributed by atoms with van der Waals surface area (Å²) in [5.41, 5.74) is 1.22. The van der Waals surface area contributed by atoms with E-state index in [1.165, 1.54) is 7.11 Å². The number of ether oxygens (including phenoxy) is 2. The summed E-state index contributed by atoms with van der Waals surface area (Å²) in [6.07, 6.45) is 0.876. The lowest BCUT2D eigenvalue weighted by Crippen LogP contribution is -2.29. The molecule has 19 heavy (non-hydrogen) atoms. The van der Waals surface area contributed by atoms with Gasteiger partial charge in [-0.05, 0) is 36.8 Å². The fraction of sp³-hybridized carbons (Fsp3) is 0.385. The first-order chi connectivity index (χ1) is 9.17. The van der Waals surface area contributed by atoms with E-state index in [-0.39, 0.29) is 5.97 Å². The van der Waals surface area contributed by atoms with Crippen molar-refractivity contribution in [1.82, 2.24) is 5.32 Å². The average molecular weight is 282 g/mol. The number of esters is 1.